The van der Waals surface area contributed by atoms with Crippen molar-refractivity contribution in [2.24, 2.45) is 7.05 Å². The number of carbonyl (C=O) groups is 2. The number of hydrogen-bond acceptors (Lipinski definition) is 5. The Morgan fingerprint density at radius 1 is 0.933 bits per heavy atom. The fourth-order valence-electron chi connectivity index (χ4n) is 3.32. The minimum atomic E-state index is -0.284. The first-order chi connectivity index (χ1) is 14.4. The number of rotatable bonds is 4. The number of aromatic nitrogens is 4. The van der Waals surface area contributed by atoms with Gasteiger partial charge >= 0.3 is 0 Å². The zero-order valence-electron chi connectivity index (χ0n) is 16.8. The smallest absolute Gasteiger partial charge is 0.256 e. The van der Waals surface area contributed by atoms with Crippen molar-refractivity contribution in [2.75, 3.05) is 10.6 Å². The van der Waals surface area contributed by atoms with Crippen molar-refractivity contribution in [3.05, 3.63) is 77.4 Å². The van der Waals surface area contributed by atoms with Crippen molar-refractivity contribution in [2.45, 2.75) is 13.8 Å². The van der Waals surface area contributed by atoms with Crippen molar-refractivity contribution < 1.29 is 9.59 Å². The number of aryl methyl sites for hydroxylation is 3. The maximum Gasteiger partial charge on any atom is 0.256 e. The molecule has 0 aliphatic carbocycles. The molecule has 0 unspecified atom stereocenters. The van der Waals surface area contributed by atoms with Crippen LogP contribution >= 0.6 is 0 Å². The lowest BCUT2D eigenvalue weighted by atomic mass is 10.1. The molecule has 30 heavy (non-hydrogen) atoms. The van der Waals surface area contributed by atoms with E-state index in [9.17, 15) is 9.59 Å². The number of nitrogens with one attached hydrogen (secondary N) is 2. The Labute approximate surface area is 173 Å². The molecule has 0 saturated heterocycles. The van der Waals surface area contributed by atoms with E-state index in [4.69, 9.17) is 0 Å². The van der Waals surface area contributed by atoms with Crippen LogP contribution in [0.4, 0.5) is 11.4 Å². The molecule has 150 valence electrons. The van der Waals surface area contributed by atoms with Crippen LogP contribution in [0.3, 0.4) is 0 Å². The summed E-state index contributed by atoms with van der Waals surface area (Å²) in [5, 5.41) is 10.8. The summed E-state index contributed by atoms with van der Waals surface area (Å²) in [6.07, 6.45) is 3.20. The number of nitrogens with zero attached hydrogens (tertiary/aromatic N) is 4. The van der Waals surface area contributed by atoms with Gasteiger partial charge in [-0.15, -0.1) is 0 Å². The first-order valence-corrected chi connectivity index (χ1v) is 9.36. The van der Waals surface area contributed by atoms with Crippen LogP contribution in [-0.2, 0) is 7.05 Å². The highest BCUT2D eigenvalue weighted by Gasteiger charge is 2.18. The van der Waals surface area contributed by atoms with Crippen LogP contribution in [-0.4, -0.2) is 31.6 Å². The predicted octanol–water partition coefficient (Wildman–Crippen LogP) is 3.48. The summed E-state index contributed by atoms with van der Waals surface area (Å²) in [5.41, 5.74) is 4.20. The first kappa shape index (κ1) is 19.3. The minimum Gasteiger partial charge on any atom is -0.322 e. The maximum absolute atomic E-state index is 13.0. The lowest BCUT2D eigenvalue weighted by molar-refractivity contribution is 0.101. The molecule has 2 N–H and O–H groups in total. The minimum absolute atomic E-state index is 0.275. The number of fused-ring (bicyclic) bond motifs is 1. The van der Waals surface area contributed by atoms with E-state index in [1.54, 1.807) is 66.6 Å². The molecule has 1 aromatic carbocycles. The molecule has 0 aliphatic heterocycles. The molecular weight excluding hydrogens is 380 g/mol. The van der Waals surface area contributed by atoms with Crippen LogP contribution in [0.1, 0.15) is 32.1 Å². The maximum atomic E-state index is 13.0. The van der Waals surface area contributed by atoms with Gasteiger partial charge in [0.1, 0.15) is 0 Å². The monoisotopic (exact) mass is 400 g/mol. The highest BCUT2D eigenvalue weighted by molar-refractivity contribution is 6.13. The number of hydrogen-bond donors (Lipinski definition) is 2. The standard InChI is InChI=1S/C22H20N6O2/c1-13-11-18(19-14(2)27-28(3)20(19)24-13)22(30)26-17-6-4-5-15(12-17)21(29)25-16-7-9-23-10-8-16/h4-12H,1-3H3,(H,26,30)(H,23,25,29). The van der Waals surface area contributed by atoms with E-state index in [1.165, 1.54) is 0 Å². The number of pyridine rings is 2. The summed E-state index contributed by atoms with van der Waals surface area (Å²) >= 11 is 0. The third-order valence-electron chi connectivity index (χ3n) is 4.66. The third-order valence-corrected chi connectivity index (χ3v) is 4.66. The normalized spacial score (nSPS) is 10.8. The first-order valence-electron chi connectivity index (χ1n) is 9.36. The summed E-state index contributed by atoms with van der Waals surface area (Å²) in [6.45, 7) is 3.68. The van der Waals surface area contributed by atoms with E-state index in [0.717, 1.165) is 11.4 Å². The Hall–Kier alpha value is -4.07. The van der Waals surface area contributed by atoms with Gasteiger partial charge in [-0.1, -0.05) is 6.07 Å². The van der Waals surface area contributed by atoms with Crippen molar-refractivity contribution in [1.29, 1.82) is 0 Å². The van der Waals surface area contributed by atoms with E-state index in [2.05, 4.69) is 25.7 Å². The van der Waals surface area contributed by atoms with Crippen LogP contribution in [0.25, 0.3) is 11.0 Å². The molecule has 2 amide bonds. The molecule has 8 nitrogen and oxygen atoms in total. The molecule has 0 aliphatic rings. The number of carbonyl (C=O) groups excluding carboxylic acids is 2. The van der Waals surface area contributed by atoms with Gasteiger partial charge in [0, 0.05) is 42.1 Å². The Kier molecular flexibility index (Phi) is 4.97. The highest BCUT2D eigenvalue weighted by atomic mass is 16.2. The number of amides is 2. The van der Waals surface area contributed by atoms with Gasteiger partial charge in [-0.05, 0) is 50.2 Å². The van der Waals surface area contributed by atoms with E-state index >= 15 is 0 Å². The van der Waals surface area contributed by atoms with E-state index in [0.29, 0.717) is 33.5 Å². The van der Waals surface area contributed by atoms with Gasteiger partial charge in [-0.2, -0.15) is 5.10 Å². The van der Waals surface area contributed by atoms with E-state index < -0.39 is 0 Å². The van der Waals surface area contributed by atoms with E-state index in [1.807, 2.05) is 13.8 Å². The van der Waals surface area contributed by atoms with Crippen molar-refractivity contribution in [1.82, 2.24) is 19.7 Å². The second-order valence-electron chi connectivity index (χ2n) is 6.94. The zero-order chi connectivity index (χ0) is 21.3. The summed E-state index contributed by atoms with van der Waals surface area (Å²) in [5.74, 6) is -0.559. The van der Waals surface area contributed by atoms with Gasteiger partial charge in [-0.25, -0.2) is 4.98 Å². The molecule has 3 heterocycles. The lowest BCUT2D eigenvalue weighted by Crippen LogP contribution is -2.15. The Balaban J connectivity index is 1.60. The molecule has 0 atom stereocenters. The average molecular weight is 400 g/mol. The fourth-order valence-corrected chi connectivity index (χ4v) is 3.32. The average Bonchev–Trinajstić information content (AvgIpc) is 3.01. The van der Waals surface area contributed by atoms with Gasteiger partial charge in [-0.3, -0.25) is 19.3 Å². The Morgan fingerprint density at radius 3 is 2.43 bits per heavy atom. The van der Waals surface area contributed by atoms with Crippen molar-refractivity contribution in [3.8, 4) is 0 Å². The van der Waals surface area contributed by atoms with Crippen LogP contribution in [0.2, 0.25) is 0 Å². The molecule has 0 spiro atoms. The SMILES string of the molecule is Cc1cc(C(=O)Nc2cccc(C(=O)Nc3ccncc3)c2)c2c(C)nn(C)c2n1. The molecule has 0 bridgehead atoms. The molecule has 8 heteroatoms. The summed E-state index contributed by atoms with van der Waals surface area (Å²) in [4.78, 5) is 34.0. The molecule has 3 aromatic heterocycles. The zero-order valence-corrected chi connectivity index (χ0v) is 16.8. The molecule has 0 radical (unpaired) electrons. The van der Waals surface area contributed by atoms with Crippen LogP contribution in [0.5, 0.6) is 0 Å². The predicted molar refractivity (Wildman–Crippen MR) is 115 cm³/mol. The van der Waals surface area contributed by atoms with Crippen LogP contribution in [0, 0.1) is 13.8 Å². The molecule has 0 fully saturated rings. The fraction of sp³-hybridized carbons (Fsp3) is 0.136. The summed E-state index contributed by atoms with van der Waals surface area (Å²) in [6, 6.07) is 11.9. The van der Waals surface area contributed by atoms with Gasteiger partial charge < -0.3 is 10.6 Å². The second kappa shape index (κ2) is 7.75. The summed E-state index contributed by atoms with van der Waals surface area (Å²) < 4.78 is 1.67. The number of anilines is 2. The summed E-state index contributed by atoms with van der Waals surface area (Å²) in [7, 11) is 1.80. The second-order valence-corrected chi connectivity index (χ2v) is 6.94. The number of benzene rings is 1. The Morgan fingerprint density at radius 2 is 1.67 bits per heavy atom. The van der Waals surface area contributed by atoms with Gasteiger partial charge in [0.05, 0.1) is 16.6 Å². The Bertz CT molecular complexity index is 1260. The third kappa shape index (κ3) is 3.75. The van der Waals surface area contributed by atoms with Crippen LogP contribution < -0.4 is 10.6 Å². The molecule has 4 aromatic rings. The van der Waals surface area contributed by atoms with Crippen LogP contribution in [0.15, 0.2) is 54.9 Å². The van der Waals surface area contributed by atoms with Crippen molar-refractivity contribution in [3.63, 3.8) is 0 Å². The molecule has 0 saturated carbocycles. The topological polar surface area (TPSA) is 102 Å². The van der Waals surface area contributed by atoms with Crippen molar-refractivity contribution >= 4 is 34.2 Å². The van der Waals surface area contributed by atoms with Gasteiger partial charge in [0.15, 0.2) is 5.65 Å². The lowest BCUT2D eigenvalue weighted by Gasteiger charge is -2.10. The van der Waals surface area contributed by atoms with Gasteiger partial charge in [0.2, 0.25) is 0 Å². The highest BCUT2D eigenvalue weighted by Crippen LogP contribution is 2.23. The molecule has 4 rings (SSSR count). The van der Waals surface area contributed by atoms with Gasteiger partial charge in [0.25, 0.3) is 11.8 Å². The van der Waals surface area contributed by atoms with E-state index in [-0.39, 0.29) is 11.8 Å². The molecular formula is C22H20N6O2. The quantitative estimate of drug-likeness (QED) is 0.546. The largest absolute Gasteiger partial charge is 0.322 e.